The zero-order valence-corrected chi connectivity index (χ0v) is 15.2. The van der Waals surface area contributed by atoms with Gasteiger partial charge in [0.2, 0.25) is 5.89 Å². The van der Waals surface area contributed by atoms with Crippen molar-refractivity contribution in [1.82, 2.24) is 4.98 Å². The Hall–Kier alpha value is -3.41. The van der Waals surface area contributed by atoms with Gasteiger partial charge in [-0.1, -0.05) is 24.3 Å². The van der Waals surface area contributed by atoms with Crippen molar-refractivity contribution in [2.24, 2.45) is 4.99 Å². The number of fused-ring (bicyclic) bond motifs is 1. The molecule has 144 valence electrons. The minimum Gasteiger partial charge on any atom is -0.436 e. The monoisotopic (exact) mass is 392 g/mol. The average molecular weight is 392 g/mol. The standard InChI is InChI=1S/C23H15F3N2O/c24-15-4-3-5-16(25)22(15)20-11-10-18(27-20)14-9-8-13(12-17(14)26)23-28-19-6-1-2-7-21(19)29-23/h1-9,12,18H,10-11H2. The minimum absolute atomic E-state index is 0.126. The first-order valence-electron chi connectivity index (χ1n) is 9.26. The van der Waals surface area contributed by atoms with E-state index in [1.807, 2.05) is 18.2 Å². The number of halogens is 3. The second-order valence-corrected chi connectivity index (χ2v) is 6.95. The summed E-state index contributed by atoms with van der Waals surface area (Å²) in [5.41, 5.74) is 2.43. The Kier molecular flexibility index (Phi) is 4.19. The molecule has 0 aliphatic carbocycles. The second kappa shape index (κ2) is 6.88. The van der Waals surface area contributed by atoms with E-state index in [0.29, 0.717) is 46.7 Å². The molecule has 0 bridgehead atoms. The van der Waals surface area contributed by atoms with E-state index in [-0.39, 0.29) is 5.56 Å². The Morgan fingerprint density at radius 2 is 1.66 bits per heavy atom. The minimum atomic E-state index is -0.656. The number of aromatic nitrogens is 1. The first kappa shape index (κ1) is 17.7. The molecule has 1 atom stereocenters. The summed E-state index contributed by atoms with van der Waals surface area (Å²) in [6.45, 7) is 0. The number of benzene rings is 3. The molecular formula is C23H15F3N2O. The van der Waals surface area contributed by atoms with E-state index >= 15 is 0 Å². The number of para-hydroxylation sites is 2. The lowest BCUT2D eigenvalue weighted by Crippen LogP contribution is -2.03. The smallest absolute Gasteiger partial charge is 0.227 e. The predicted octanol–water partition coefficient (Wildman–Crippen LogP) is 6.24. The van der Waals surface area contributed by atoms with E-state index < -0.39 is 23.5 Å². The Bertz CT molecular complexity index is 1210. The summed E-state index contributed by atoms with van der Waals surface area (Å²) in [4.78, 5) is 8.78. The van der Waals surface area contributed by atoms with E-state index in [4.69, 9.17) is 4.42 Å². The van der Waals surface area contributed by atoms with Crippen LogP contribution in [0.15, 0.2) is 70.1 Å². The first-order chi connectivity index (χ1) is 14.1. The van der Waals surface area contributed by atoms with Crippen LogP contribution in [0.2, 0.25) is 0 Å². The number of oxazole rings is 1. The lowest BCUT2D eigenvalue weighted by Gasteiger charge is -2.09. The summed E-state index contributed by atoms with van der Waals surface area (Å²) in [5, 5.41) is 0. The molecule has 0 saturated carbocycles. The van der Waals surface area contributed by atoms with Crippen LogP contribution in [0.5, 0.6) is 0 Å². The molecule has 1 aliphatic rings. The van der Waals surface area contributed by atoms with Gasteiger partial charge < -0.3 is 4.42 Å². The molecule has 0 spiro atoms. The van der Waals surface area contributed by atoms with Crippen molar-refractivity contribution in [3.8, 4) is 11.5 Å². The van der Waals surface area contributed by atoms with Gasteiger partial charge in [0.25, 0.3) is 0 Å². The molecule has 0 saturated heterocycles. The van der Waals surface area contributed by atoms with Crippen LogP contribution in [-0.4, -0.2) is 10.7 Å². The average Bonchev–Trinajstić information content (AvgIpc) is 3.35. The van der Waals surface area contributed by atoms with Gasteiger partial charge in [-0.15, -0.1) is 0 Å². The largest absolute Gasteiger partial charge is 0.436 e. The maximum absolute atomic E-state index is 14.8. The van der Waals surface area contributed by atoms with Crippen molar-refractivity contribution >= 4 is 16.8 Å². The molecule has 3 nitrogen and oxygen atoms in total. The highest BCUT2D eigenvalue weighted by Crippen LogP contribution is 2.35. The van der Waals surface area contributed by atoms with Gasteiger partial charge in [0.1, 0.15) is 23.0 Å². The van der Waals surface area contributed by atoms with Crippen LogP contribution in [0.4, 0.5) is 13.2 Å². The summed E-state index contributed by atoms with van der Waals surface area (Å²) in [6, 6.07) is 15.3. The van der Waals surface area contributed by atoms with E-state index in [0.717, 1.165) is 0 Å². The SMILES string of the molecule is Fc1cc(-c2nc3ccccc3o2)ccc1C1CCC(c2c(F)cccc2F)=N1. The highest BCUT2D eigenvalue weighted by molar-refractivity contribution is 6.02. The van der Waals surface area contributed by atoms with Gasteiger partial charge in [-0.3, -0.25) is 4.99 Å². The molecule has 4 aromatic rings. The van der Waals surface area contributed by atoms with Crippen LogP contribution in [0.3, 0.4) is 0 Å². The summed E-state index contributed by atoms with van der Waals surface area (Å²) >= 11 is 0. The zero-order chi connectivity index (χ0) is 20.0. The third-order valence-electron chi connectivity index (χ3n) is 5.12. The van der Waals surface area contributed by atoms with Crippen LogP contribution < -0.4 is 0 Å². The number of nitrogens with zero attached hydrogens (tertiary/aromatic N) is 2. The Balaban J connectivity index is 1.47. The topological polar surface area (TPSA) is 38.4 Å². The van der Waals surface area contributed by atoms with Gasteiger partial charge >= 0.3 is 0 Å². The molecule has 1 aliphatic heterocycles. The second-order valence-electron chi connectivity index (χ2n) is 6.95. The molecule has 3 aromatic carbocycles. The lowest BCUT2D eigenvalue weighted by molar-refractivity contribution is 0.578. The van der Waals surface area contributed by atoms with Crippen molar-refractivity contribution in [2.45, 2.75) is 18.9 Å². The highest BCUT2D eigenvalue weighted by atomic mass is 19.1. The molecule has 0 N–H and O–H groups in total. The van der Waals surface area contributed by atoms with Crippen LogP contribution in [0.25, 0.3) is 22.6 Å². The normalized spacial score (nSPS) is 16.4. The summed E-state index contributed by atoms with van der Waals surface area (Å²) in [5.74, 6) is -1.43. The summed E-state index contributed by atoms with van der Waals surface area (Å²) in [6.07, 6.45) is 0.872. The molecule has 29 heavy (non-hydrogen) atoms. The van der Waals surface area contributed by atoms with Gasteiger partial charge in [-0.05, 0) is 49.2 Å². The van der Waals surface area contributed by atoms with E-state index in [1.165, 1.54) is 24.3 Å². The maximum Gasteiger partial charge on any atom is 0.227 e. The summed E-state index contributed by atoms with van der Waals surface area (Å²) < 4.78 is 48.6. The van der Waals surface area contributed by atoms with Crippen LogP contribution >= 0.6 is 0 Å². The van der Waals surface area contributed by atoms with Crippen LogP contribution in [-0.2, 0) is 0 Å². The van der Waals surface area contributed by atoms with Gasteiger partial charge in [0.15, 0.2) is 5.58 Å². The third kappa shape index (κ3) is 3.10. The summed E-state index contributed by atoms with van der Waals surface area (Å²) in [7, 11) is 0. The highest BCUT2D eigenvalue weighted by Gasteiger charge is 2.26. The third-order valence-corrected chi connectivity index (χ3v) is 5.12. The number of aliphatic imine (C=N–C) groups is 1. The van der Waals surface area contributed by atoms with Crippen molar-refractivity contribution in [3.63, 3.8) is 0 Å². The quantitative estimate of drug-likeness (QED) is 0.414. The zero-order valence-electron chi connectivity index (χ0n) is 15.2. The predicted molar refractivity (Wildman–Crippen MR) is 104 cm³/mol. The Morgan fingerprint density at radius 3 is 2.41 bits per heavy atom. The fraction of sp³-hybridized carbons (Fsp3) is 0.130. The molecule has 2 heterocycles. The Labute approximate surface area is 164 Å². The molecular weight excluding hydrogens is 377 g/mol. The first-order valence-corrected chi connectivity index (χ1v) is 9.26. The molecule has 1 aromatic heterocycles. The molecule has 0 radical (unpaired) electrons. The van der Waals surface area contributed by atoms with Crippen LogP contribution in [0, 0.1) is 17.5 Å². The van der Waals surface area contributed by atoms with E-state index in [2.05, 4.69) is 9.98 Å². The maximum atomic E-state index is 14.8. The van der Waals surface area contributed by atoms with Gasteiger partial charge in [-0.2, -0.15) is 0 Å². The van der Waals surface area contributed by atoms with Crippen molar-refractivity contribution in [2.75, 3.05) is 0 Å². The number of hydrogen-bond donors (Lipinski definition) is 0. The van der Waals surface area contributed by atoms with Crippen LogP contribution in [0.1, 0.15) is 30.0 Å². The lowest BCUT2D eigenvalue weighted by atomic mass is 10.0. The molecule has 0 fully saturated rings. The molecule has 1 unspecified atom stereocenters. The van der Waals surface area contributed by atoms with E-state index in [1.54, 1.807) is 18.2 Å². The van der Waals surface area contributed by atoms with Gasteiger partial charge in [0, 0.05) is 16.8 Å². The number of rotatable bonds is 3. The van der Waals surface area contributed by atoms with Gasteiger partial charge in [0.05, 0.1) is 11.6 Å². The molecule has 6 heteroatoms. The van der Waals surface area contributed by atoms with Crippen molar-refractivity contribution in [3.05, 3.63) is 89.2 Å². The molecule has 5 rings (SSSR count). The van der Waals surface area contributed by atoms with Crippen molar-refractivity contribution < 1.29 is 17.6 Å². The van der Waals surface area contributed by atoms with Gasteiger partial charge in [-0.25, -0.2) is 18.2 Å². The Morgan fingerprint density at radius 1 is 0.862 bits per heavy atom. The number of hydrogen-bond acceptors (Lipinski definition) is 3. The fourth-order valence-corrected chi connectivity index (χ4v) is 3.70. The van der Waals surface area contributed by atoms with E-state index in [9.17, 15) is 13.2 Å². The van der Waals surface area contributed by atoms with Crippen molar-refractivity contribution in [1.29, 1.82) is 0 Å². The molecule has 0 amide bonds. The fourth-order valence-electron chi connectivity index (χ4n) is 3.70.